The molecule has 2 fully saturated rings. The molecule has 2 saturated heterocycles. The molecule has 0 spiro atoms. The van der Waals surface area contributed by atoms with Crippen LogP contribution in [0.5, 0.6) is 0 Å². The van der Waals surface area contributed by atoms with Crippen LogP contribution in [0.2, 0.25) is 0 Å². The van der Waals surface area contributed by atoms with E-state index in [9.17, 15) is 9.59 Å². The first-order valence-corrected chi connectivity index (χ1v) is 7.38. The van der Waals surface area contributed by atoms with Gasteiger partial charge in [0, 0.05) is 18.7 Å². The molecule has 3 aliphatic heterocycles. The van der Waals surface area contributed by atoms with Gasteiger partial charge in [0.1, 0.15) is 6.04 Å². The van der Waals surface area contributed by atoms with Crippen LogP contribution in [0, 0.1) is 0 Å². The molecule has 0 aromatic heterocycles. The molecule has 19 heavy (non-hydrogen) atoms. The van der Waals surface area contributed by atoms with Gasteiger partial charge in [-0.15, -0.1) is 11.8 Å². The molecule has 0 saturated carbocycles. The Balaban J connectivity index is 1.91. The lowest BCUT2D eigenvalue weighted by Gasteiger charge is -2.40. The number of amides is 2. The van der Waals surface area contributed by atoms with Crippen LogP contribution in [0.4, 0.5) is 5.69 Å². The Morgan fingerprint density at radius 3 is 2.89 bits per heavy atom. The molecule has 1 aromatic carbocycles. The third-order valence-corrected chi connectivity index (χ3v) is 5.06. The third-order valence-electron chi connectivity index (χ3n) is 4.03. The minimum atomic E-state index is -0.255. The number of nitrogens with zero attached hydrogens (tertiary/aromatic N) is 3. The SMILES string of the molecule is CN1C(=O)c2ccccc2N2C(=O)[C@@H]3CSCN3[C@@H]12. The number of anilines is 1. The molecule has 98 valence electrons. The van der Waals surface area contributed by atoms with E-state index in [4.69, 9.17) is 0 Å². The van der Waals surface area contributed by atoms with Crippen molar-refractivity contribution in [3.05, 3.63) is 29.8 Å². The van der Waals surface area contributed by atoms with Crippen LogP contribution >= 0.6 is 11.8 Å². The number of rotatable bonds is 0. The van der Waals surface area contributed by atoms with Gasteiger partial charge in [0.05, 0.1) is 11.3 Å². The normalized spacial score (nSPS) is 29.5. The lowest BCUT2D eigenvalue weighted by atomic mass is 10.1. The molecular formula is C13H13N3O2S. The van der Waals surface area contributed by atoms with Crippen LogP contribution in [0.3, 0.4) is 0 Å². The monoisotopic (exact) mass is 275 g/mol. The smallest absolute Gasteiger partial charge is 0.258 e. The van der Waals surface area contributed by atoms with Gasteiger partial charge in [-0.1, -0.05) is 12.1 Å². The summed E-state index contributed by atoms with van der Waals surface area (Å²) in [5.41, 5.74) is 1.36. The van der Waals surface area contributed by atoms with Crippen molar-refractivity contribution >= 4 is 29.3 Å². The van der Waals surface area contributed by atoms with Crippen molar-refractivity contribution in [2.24, 2.45) is 0 Å². The van der Waals surface area contributed by atoms with Crippen molar-refractivity contribution in [3.8, 4) is 0 Å². The first kappa shape index (κ1) is 11.3. The second kappa shape index (κ2) is 3.74. The highest BCUT2D eigenvalue weighted by molar-refractivity contribution is 7.99. The van der Waals surface area contributed by atoms with Gasteiger partial charge < -0.3 is 4.90 Å². The van der Waals surface area contributed by atoms with E-state index in [1.807, 2.05) is 18.2 Å². The molecule has 0 unspecified atom stereocenters. The van der Waals surface area contributed by atoms with E-state index in [1.54, 1.807) is 34.7 Å². The quantitative estimate of drug-likeness (QED) is 0.702. The van der Waals surface area contributed by atoms with E-state index in [2.05, 4.69) is 4.90 Å². The zero-order chi connectivity index (χ0) is 13.1. The molecule has 3 aliphatic rings. The van der Waals surface area contributed by atoms with E-state index >= 15 is 0 Å². The second-order valence-corrected chi connectivity index (χ2v) is 6.02. The predicted octanol–water partition coefficient (Wildman–Crippen LogP) is 0.777. The standard InChI is InChI=1S/C13H13N3O2S/c1-14-11(17)8-4-2-3-5-9(8)16-12(18)10-6-19-7-15(10)13(14)16/h2-5,10,13H,6-7H2,1H3/t10-,13+/m0/s1. The van der Waals surface area contributed by atoms with Crippen LogP contribution in [0.15, 0.2) is 24.3 Å². The average molecular weight is 275 g/mol. The molecule has 5 nitrogen and oxygen atoms in total. The van der Waals surface area contributed by atoms with E-state index in [0.717, 1.165) is 17.3 Å². The topological polar surface area (TPSA) is 43.9 Å². The maximum atomic E-state index is 12.6. The van der Waals surface area contributed by atoms with Gasteiger partial charge in [0.2, 0.25) is 5.91 Å². The fourth-order valence-corrected chi connectivity index (χ4v) is 4.30. The fourth-order valence-electron chi connectivity index (χ4n) is 3.12. The molecule has 2 amide bonds. The van der Waals surface area contributed by atoms with Gasteiger partial charge in [-0.05, 0) is 12.1 Å². The van der Waals surface area contributed by atoms with E-state index in [1.165, 1.54) is 0 Å². The maximum Gasteiger partial charge on any atom is 0.258 e. The number of para-hydroxylation sites is 1. The Morgan fingerprint density at radius 2 is 2.05 bits per heavy atom. The molecule has 2 atom stereocenters. The van der Waals surface area contributed by atoms with Gasteiger partial charge >= 0.3 is 0 Å². The Kier molecular flexibility index (Phi) is 2.23. The van der Waals surface area contributed by atoms with Crippen LogP contribution in [0.25, 0.3) is 0 Å². The number of hydrogen-bond acceptors (Lipinski definition) is 4. The fraction of sp³-hybridized carbons (Fsp3) is 0.385. The summed E-state index contributed by atoms with van der Waals surface area (Å²) < 4.78 is 0. The molecule has 6 heteroatoms. The number of benzene rings is 1. The number of fused-ring (bicyclic) bond motifs is 5. The highest BCUT2D eigenvalue weighted by atomic mass is 32.2. The van der Waals surface area contributed by atoms with Crippen molar-refractivity contribution < 1.29 is 9.59 Å². The summed E-state index contributed by atoms with van der Waals surface area (Å²) in [6.07, 6.45) is -0.255. The van der Waals surface area contributed by atoms with Crippen molar-refractivity contribution in [2.45, 2.75) is 12.3 Å². The molecule has 3 heterocycles. The predicted molar refractivity (Wildman–Crippen MR) is 72.8 cm³/mol. The molecule has 0 radical (unpaired) electrons. The largest absolute Gasteiger partial charge is 0.308 e. The zero-order valence-electron chi connectivity index (χ0n) is 10.4. The van der Waals surface area contributed by atoms with E-state index in [0.29, 0.717) is 5.56 Å². The Labute approximate surface area is 115 Å². The lowest BCUT2D eigenvalue weighted by molar-refractivity contribution is -0.118. The summed E-state index contributed by atoms with van der Waals surface area (Å²) >= 11 is 1.75. The van der Waals surface area contributed by atoms with Crippen molar-refractivity contribution in [1.29, 1.82) is 0 Å². The number of carbonyl (C=O) groups excluding carboxylic acids is 2. The highest BCUT2D eigenvalue weighted by Crippen LogP contribution is 2.40. The minimum Gasteiger partial charge on any atom is -0.308 e. The molecule has 0 aliphatic carbocycles. The number of hydrogen-bond donors (Lipinski definition) is 0. The van der Waals surface area contributed by atoms with Gasteiger partial charge in [-0.25, -0.2) is 4.90 Å². The molecule has 0 bridgehead atoms. The van der Waals surface area contributed by atoms with Crippen LogP contribution < -0.4 is 4.90 Å². The maximum absolute atomic E-state index is 12.6. The first-order chi connectivity index (χ1) is 9.20. The summed E-state index contributed by atoms with van der Waals surface area (Å²) in [7, 11) is 1.77. The molecule has 4 rings (SSSR count). The van der Waals surface area contributed by atoms with Crippen molar-refractivity contribution in [1.82, 2.24) is 9.80 Å². The molecule has 0 N–H and O–H groups in total. The Hall–Kier alpha value is -1.53. The van der Waals surface area contributed by atoms with Gasteiger partial charge in [-0.2, -0.15) is 0 Å². The summed E-state index contributed by atoms with van der Waals surface area (Å²) in [4.78, 5) is 30.5. The van der Waals surface area contributed by atoms with Gasteiger partial charge in [0.15, 0.2) is 6.29 Å². The second-order valence-electron chi connectivity index (χ2n) is 5.02. The van der Waals surface area contributed by atoms with Crippen molar-refractivity contribution in [3.63, 3.8) is 0 Å². The summed E-state index contributed by atoms with van der Waals surface area (Å²) in [6, 6.07) is 7.27. The number of carbonyl (C=O) groups is 2. The first-order valence-electron chi connectivity index (χ1n) is 6.23. The average Bonchev–Trinajstić information content (AvgIpc) is 2.99. The molecule has 1 aromatic rings. The van der Waals surface area contributed by atoms with Crippen molar-refractivity contribution in [2.75, 3.05) is 23.6 Å². The Bertz CT molecular complexity index is 591. The number of thioether (sulfide) groups is 1. The lowest BCUT2D eigenvalue weighted by Crippen LogP contribution is -2.56. The van der Waals surface area contributed by atoms with Gasteiger partial charge in [0.25, 0.3) is 5.91 Å². The summed E-state index contributed by atoms with van der Waals surface area (Å²) in [6.45, 7) is 0. The highest BCUT2D eigenvalue weighted by Gasteiger charge is 2.54. The molecular weight excluding hydrogens is 262 g/mol. The minimum absolute atomic E-state index is 0.0119. The van der Waals surface area contributed by atoms with Gasteiger partial charge in [-0.3, -0.25) is 14.5 Å². The van der Waals surface area contributed by atoms with Crippen LogP contribution in [-0.2, 0) is 4.79 Å². The summed E-state index contributed by atoms with van der Waals surface area (Å²) in [5.74, 6) is 1.72. The Morgan fingerprint density at radius 1 is 1.26 bits per heavy atom. The third kappa shape index (κ3) is 1.30. The van der Waals surface area contributed by atoms with E-state index in [-0.39, 0.29) is 24.1 Å². The van der Waals surface area contributed by atoms with Crippen LogP contribution in [-0.4, -0.2) is 52.6 Å². The zero-order valence-corrected chi connectivity index (χ0v) is 11.3. The van der Waals surface area contributed by atoms with Crippen LogP contribution in [0.1, 0.15) is 10.4 Å². The summed E-state index contributed by atoms with van der Waals surface area (Å²) in [5, 5.41) is 0. The van der Waals surface area contributed by atoms with E-state index < -0.39 is 0 Å².